The molecule has 0 bridgehead atoms. The second-order valence-electron chi connectivity index (χ2n) is 4.72. The molecule has 0 aliphatic carbocycles. The van der Waals surface area contributed by atoms with Crippen molar-refractivity contribution in [3.05, 3.63) is 17.1 Å². The Morgan fingerprint density at radius 1 is 1.32 bits per heavy atom. The van der Waals surface area contributed by atoms with Crippen LogP contribution in [0.3, 0.4) is 0 Å². The van der Waals surface area contributed by atoms with Crippen LogP contribution in [0, 0.1) is 20.8 Å². The highest BCUT2D eigenvalue weighted by Gasteiger charge is 2.11. The lowest BCUT2D eigenvalue weighted by Gasteiger charge is -2.17. The van der Waals surface area contributed by atoms with E-state index in [0.29, 0.717) is 13.0 Å². The van der Waals surface area contributed by atoms with Crippen molar-refractivity contribution in [2.45, 2.75) is 53.5 Å². The van der Waals surface area contributed by atoms with Crippen molar-refractivity contribution in [1.82, 2.24) is 9.97 Å². The van der Waals surface area contributed by atoms with Gasteiger partial charge in [-0.1, -0.05) is 0 Å². The van der Waals surface area contributed by atoms with Gasteiger partial charge >= 0.3 is 5.97 Å². The third kappa shape index (κ3) is 4.85. The summed E-state index contributed by atoms with van der Waals surface area (Å²) in [5.74, 6) is 1.45. The van der Waals surface area contributed by atoms with Crippen molar-refractivity contribution < 1.29 is 9.53 Å². The molecule has 1 aromatic heterocycles. The van der Waals surface area contributed by atoms with Crippen LogP contribution < -0.4 is 5.32 Å². The number of ether oxygens (including phenoxy) is 1. The van der Waals surface area contributed by atoms with Crippen molar-refractivity contribution in [2.75, 3.05) is 11.9 Å². The smallest absolute Gasteiger partial charge is 0.305 e. The first-order valence-corrected chi connectivity index (χ1v) is 6.68. The van der Waals surface area contributed by atoms with Gasteiger partial charge in [0.15, 0.2) is 0 Å². The molecule has 1 rings (SSSR count). The second-order valence-corrected chi connectivity index (χ2v) is 4.72. The number of nitrogens with one attached hydrogen (secondary N) is 1. The van der Waals surface area contributed by atoms with E-state index in [1.807, 2.05) is 34.6 Å². The third-order valence-corrected chi connectivity index (χ3v) is 2.97. The summed E-state index contributed by atoms with van der Waals surface area (Å²) >= 11 is 0. The van der Waals surface area contributed by atoms with E-state index in [0.717, 1.165) is 29.3 Å². The topological polar surface area (TPSA) is 64.1 Å². The van der Waals surface area contributed by atoms with Crippen LogP contribution in [0.4, 0.5) is 5.82 Å². The standard InChI is InChI=1S/C14H23N3O2/c1-6-19-13(18)8-7-9(2)15-14-10(3)11(4)16-12(5)17-14/h9H,6-8H2,1-5H3,(H,15,16,17). The van der Waals surface area contributed by atoms with Crippen LogP contribution in [-0.2, 0) is 9.53 Å². The van der Waals surface area contributed by atoms with Crippen LogP contribution in [0.1, 0.15) is 43.8 Å². The van der Waals surface area contributed by atoms with Gasteiger partial charge in [0, 0.05) is 23.7 Å². The molecule has 1 aromatic rings. The Balaban J connectivity index is 2.57. The van der Waals surface area contributed by atoms with E-state index in [2.05, 4.69) is 15.3 Å². The van der Waals surface area contributed by atoms with Gasteiger partial charge < -0.3 is 10.1 Å². The number of anilines is 1. The normalized spacial score (nSPS) is 12.1. The lowest BCUT2D eigenvalue weighted by Crippen LogP contribution is -2.19. The fraction of sp³-hybridized carbons (Fsp3) is 0.643. The minimum atomic E-state index is -0.150. The van der Waals surface area contributed by atoms with E-state index in [1.54, 1.807) is 0 Å². The summed E-state index contributed by atoms with van der Waals surface area (Å²) in [6.07, 6.45) is 1.14. The van der Waals surface area contributed by atoms with Gasteiger partial charge in [0.25, 0.3) is 0 Å². The SMILES string of the molecule is CCOC(=O)CCC(C)Nc1nc(C)nc(C)c1C. The molecule has 0 saturated carbocycles. The molecule has 0 fully saturated rings. The average Bonchev–Trinajstić information content (AvgIpc) is 2.33. The van der Waals surface area contributed by atoms with Gasteiger partial charge in [-0.25, -0.2) is 9.97 Å². The number of carbonyl (C=O) groups excluding carboxylic acids is 1. The summed E-state index contributed by atoms with van der Waals surface area (Å²) in [5, 5.41) is 3.33. The lowest BCUT2D eigenvalue weighted by molar-refractivity contribution is -0.143. The molecular weight excluding hydrogens is 242 g/mol. The van der Waals surface area contributed by atoms with Crippen molar-refractivity contribution in [3.8, 4) is 0 Å². The molecule has 5 nitrogen and oxygen atoms in total. The molecule has 1 heterocycles. The molecule has 0 radical (unpaired) electrons. The van der Waals surface area contributed by atoms with Crippen LogP contribution >= 0.6 is 0 Å². The predicted molar refractivity (Wildman–Crippen MR) is 75.2 cm³/mol. The Bertz CT molecular complexity index is 447. The molecule has 19 heavy (non-hydrogen) atoms. The fourth-order valence-electron chi connectivity index (χ4n) is 1.78. The number of aryl methyl sites for hydroxylation is 2. The van der Waals surface area contributed by atoms with Crippen molar-refractivity contribution >= 4 is 11.8 Å². The van der Waals surface area contributed by atoms with Crippen LogP contribution in [0.5, 0.6) is 0 Å². The van der Waals surface area contributed by atoms with Gasteiger partial charge in [-0.05, 0) is 41.0 Å². The highest BCUT2D eigenvalue weighted by atomic mass is 16.5. The Kier molecular flexibility index (Phi) is 5.73. The Labute approximate surface area is 114 Å². The monoisotopic (exact) mass is 265 g/mol. The van der Waals surface area contributed by atoms with E-state index in [-0.39, 0.29) is 12.0 Å². The Hall–Kier alpha value is -1.65. The number of rotatable bonds is 6. The van der Waals surface area contributed by atoms with Gasteiger partial charge in [0.2, 0.25) is 0 Å². The maximum Gasteiger partial charge on any atom is 0.305 e. The van der Waals surface area contributed by atoms with Crippen LogP contribution in [0.25, 0.3) is 0 Å². The molecule has 0 amide bonds. The molecule has 1 unspecified atom stereocenters. The minimum Gasteiger partial charge on any atom is -0.466 e. The van der Waals surface area contributed by atoms with E-state index in [1.165, 1.54) is 0 Å². The third-order valence-electron chi connectivity index (χ3n) is 2.97. The first-order valence-electron chi connectivity index (χ1n) is 6.68. The molecule has 1 atom stereocenters. The van der Waals surface area contributed by atoms with E-state index in [4.69, 9.17) is 4.74 Å². The van der Waals surface area contributed by atoms with Gasteiger partial charge in [-0.2, -0.15) is 0 Å². The maximum atomic E-state index is 11.3. The fourth-order valence-corrected chi connectivity index (χ4v) is 1.78. The van der Waals surface area contributed by atoms with Crippen LogP contribution in [0.15, 0.2) is 0 Å². The summed E-state index contributed by atoms with van der Waals surface area (Å²) in [5.41, 5.74) is 2.03. The van der Waals surface area contributed by atoms with E-state index in [9.17, 15) is 4.79 Å². The number of nitrogens with zero attached hydrogens (tertiary/aromatic N) is 2. The first-order chi connectivity index (χ1) is 8.93. The van der Waals surface area contributed by atoms with Gasteiger partial charge in [0.1, 0.15) is 11.6 Å². The summed E-state index contributed by atoms with van der Waals surface area (Å²) < 4.78 is 4.91. The minimum absolute atomic E-state index is 0.150. The molecule has 1 N–H and O–H groups in total. The molecule has 0 saturated heterocycles. The molecule has 0 aliphatic rings. The van der Waals surface area contributed by atoms with Crippen molar-refractivity contribution in [3.63, 3.8) is 0 Å². The van der Waals surface area contributed by atoms with E-state index < -0.39 is 0 Å². The van der Waals surface area contributed by atoms with Gasteiger partial charge in [-0.3, -0.25) is 4.79 Å². The molecule has 5 heteroatoms. The maximum absolute atomic E-state index is 11.3. The first kappa shape index (κ1) is 15.4. The summed E-state index contributed by atoms with van der Waals surface area (Å²) in [7, 11) is 0. The highest BCUT2D eigenvalue weighted by molar-refractivity contribution is 5.69. The van der Waals surface area contributed by atoms with Crippen LogP contribution in [-0.4, -0.2) is 28.6 Å². The predicted octanol–water partition coefficient (Wildman–Crippen LogP) is 2.55. The second kappa shape index (κ2) is 7.07. The average molecular weight is 265 g/mol. The quantitative estimate of drug-likeness (QED) is 0.801. The number of carbonyl (C=O) groups is 1. The number of hydrogen-bond acceptors (Lipinski definition) is 5. The molecule has 106 valence electrons. The number of esters is 1. The summed E-state index contributed by atoms with van der Waals surface area (Å²) in [4.78, 5) is 20.0. The van der Waals surface area contributed by atoms with Crippen LogP contribution in [0.2, 0.25) is 0 Å². The zero-order valence-corrected chi connectivity index (χ0v) is 12.4. The molecular formula is C14H23N3O2. The van der Waals surface area contributed by atoms with E-state index >= 15 is 0 Å². The number of hydrogen-bond donors (Lipinski definition) is 1. The zero-order valence-electron chi connectivity index (χ0n) is 12.4. The lowest BCUT2D eigenvalue weighted by atomic mass is 10.1. The van der Waals surface area contributed by atoms with Gasteiger partial charge in [-0.15, -0.1) is 0 Å². The highest BCUT2D eigenvalue weighted by Crippen LogP contribution is 2.16. The molecule has 0 aliphatic heterocycles. The summed E-state index contributed by atoms with van der Waals surface area (Å²) in [6, 6.07) is 0.164. The zero-order chi connectivity index (χ0) is 14.4. The Morgan fingerprint density at radius 2 is 2.00 bits per heavy atom. The van der Waals surface area contributed by atoms with Crippen molar-refractivity contribution in [1.29, 1.82) is 0 Å². The summed E-state index contributed by atoms with van der Waals surface area (Å²) in [6.45, 7) is 10.1. The van der Waals surface area contributed by atoms with Crippen molar-refractivity contribution in [2.24, 2.45) is 0 Å². The number of aromatic nitrogens is 2. The Morgan fingerprint density at radius 3 is 2.63 bits per heavy atom. The van der Waals surface area contributed by atoms with Gasteiger partial charge in [0.05, 0.1) is 6.61 Å². The molecule has 0 spiro atoms. The molecule has 0 aromatic carbocycles. The largest absolute Gasteiger partial charge is 0.466 e.